The SMILES string of the molecule is CCOc1ccc(NC(=O)c2cnc(Nc3cccc(C#N)c3)nc2)cc1. The van der Waals surface area contributed by atoms with Gasteiger partial charge in [0.25, 0.3) is 5.91 Å². The van der Waals surface area contributed by atoms with Crippen LogP contribution < -0.4 is 15.4 Å². The molecule has 1 aromatic heterocycles. The van der Waals surface area contributed by atoms with Gasteiger partial charge in [-0.15, -0.1) is 0 Å². The predicted octanol–water partition coefficient (Wildman–Crippen LogP) is 3.74. The van der Waals surface area contributed by atoms with E-state index in [2.05, 4.69) is 26.7 Å². The molecule has 1 heterocycles. The number of amides is 1. The Kier molecular flexibility index (Phi) is 5.60. The number of anilines is 3. The normalized spacial score (nSPS) is 9.93. The molecule has 0 radical (unpaired) electrons. The molecule has 1 amide bonds. The second-order valence-corrected chi connectivity index (χ2v) is 5.52. The Morgan fingerprint density at radius 1 is 1.11 bits per heavy atom. The van der Waals surface area contributed by atoms with Crippen molar-refractivity contribution in [1.82, 2.24) is 9.97 Å². The molecule has 0 aliphatic heterocycles. The van der Waals surface area contributed by atoms with Gasteiger partial charge in [-0.25, -0.2) is 9.97 Å². The Bertz CT molecular complexity index is 963. The van der Waals surface area contributed by atoms with Gasteiger partial charge in [0.05, 0.1) is 23.8 Å². The van der Waals surface area contributed by atoms with Gasteiger partial charge in [0.1, 0.15) is 5.75 Å². The molecule has 2 N–H and O–H groups in total. The fraction of sp³-hybridized carbons (Fsp3) is 0.100. The van der Waals surface area contributed by atoms with Gasteiger partial charge in [-0.2, -0.15) is 5.26 Å². The Labute approximate surface area is 156 Å². The molecular weight excluding hydrogens is 342 g/mol. The monoisotopic (exact) mass is 359 g/mol. The number of nitriles is 1. The van der Waals surface area contributed by atoms with E-state index in [9.17, 15) is 4.79 Å². The van der Waals surface area contributed by atoms with Crippen LogP contribution in [0.1, 0.15) is 22.8 Å². The average molecular weight is 359 g/mol. The molecule has 7 heteroatoms. The summed E-state index contributed by atoms with van der Waals surface area (Å²) in [4.78, 5) is 20.6. The summed E-state index contributed by atoms with van der Waals surface area (Å²) >= 11 is 0. The highest BCUT2D eigenvalue weighted by atomic mass is 16.5. The van der Waals surface area contributed by atoms with Crippen LogP contribution >= 0.6 is 0 Å². The largest absolute Gasteiger partial charge is 0.494 e. The molecule has 0 saturated heterocycles. The molecule has 0 aliphatic carbocycles. The third kappa shape index (κ3) is 4.80. The van der Waals surface area contributed by atoms with E-state index in [0.717, 1.165) is 5.75 Å². The topological polar surface area (TPSA) is 99.9 Å². The molecular formula is C20H17N5O2. The Morgan fingerprint density at radius 2 is 1.85 bits per heavy atom. The van der Waals surface area contributed by atoms with Crippen LogP contribution in [0.4, 0.5) is 17.3 Å². The van der Waals surface area contributed by atoms with Gasteiger partial charge >= 0.3 is 0 Å². The number of nitrogens with zero attached hydrogens (tertiary/aromatic N) is 3. The number of ether oxygens (including phenoxy) is 1. The van der Waals surface area contributed by atoms with Gasteiger partial charge in [-0.3, -0.25) is 4.79 Å². The van der Waals surface area contributed by atoms with Crippen molar-refractivity contribution in [2.24, 2.45) is 0 Å². The number of carbonyl (C=O) groups excluding carboxylic acids is 1. The maximum atomic E-state index is 12.3. The zero-order chi connectivity index (χ0) is 19.1. The molecule has 2 aromatic carbocycles. The van der Waals surface area contributed by atoms with E-state index < -0.39 is 0 Å². The molecule has 0 aliphatic rings. The van der Waals surface area contributed by atoms with Crippen LogP contribution in [0, 0.1) is 11.3 Å². The summed E-state index contributed by atoms with van der Waals surface area (Å²) in [6.07, 6.45) is 2.88. The number of aromatic nitrogens is 2. The molecule has 0 saturated carbocycles. The second kappa shape index (κ2) is 8.45. The lowest BCUT2D eigenvalue weighted by Gasteiger charge is -2.08. The van der Waals surface area contributed by atoms with Crippen molar-refractivity contribution < 1.29 is 9.53 Å². The first kappa shape index (κ1) is 17.9. The van der Waals surface area contributed by atoms with Gasteiger partial charge in [0.2, 0.25) is 5.95 Å². The van der Waals surface area contributed by atoms with Crippen molar-refractivity contribution >= 4 is 23.2 Å². The third-order valence-corrected chi connectivity index (χ3v) is 3.59. The smallest absolute Gasteiger partial charge is 0.258 e. The van der Waals surface area contributed by atoms with E-state index in [1.54, 1.807) is 48.5 Å². The first-order chi connectivity index (χ1) is 13.2. The van der Waals surface area contributed by atoms with E-state index in [1.807, 2.05) is 6.92 Å². The molecule has 0 spiro atoms. The molecule has 0 bridgehead atoms. The summed E-state index contributed by atoms with van der Waals surface area (Å²) in [7, 11) is 0. The minimum Gasteiger partial charge on any atom is -0.494 e. The van der Waals surface area contributed by atoms with Crippen LogP contribution in [0.25, 0.3) is 0 Å². The summed E-state index contributed by atoms with van der Waals surface area (Å²) in [6.45, 7) is 2.50. The standard InChI is InChI=1S/C20H17N5O2/c1-2-27-18-8-6-16(7-9-18)24-19(26)15-12-22-20(23-13-15)25-17-5-3-4-14(10-17)11-21/h3-10,12-13H,2H2,1H3,(H,24,26)(H,22,23,25). The third-order valence-electron chi connectivity index (χ3n) is 3.59. The van der Waals surface area contributed by atoms with Crippen molar-refractivity contribution in [1.29, 1.82) is 5.26 Å². The maximum Gasteiger partial charge on any atom is 0.258 e. The fourth-order valence-corrected chi connectivity index (χ4v) is 2.31. The predicted molar refractivity (Wildman–Crippen MR) is 102 cm³/mol. The lowest BCUT2D eigenvalue weighted by Crippen LogP contribution is -2.13. The lowest BCUT2D eigenvalue weighted by atomic mass is 10.2. The van der Waals surface area contributed by atoms with Gasteiger partial charge in [-0.1, -0.05) is 6.07 Å². The number of rotatable bonds is 6. The lowest BCUT2D eigenvalue weighted by molar-refractivity contribution is 0.102. The first-order valence-corrected chi connectivity index (χ1v) is 8.31. The van der Waals surface area contributed by atoms with Gasteiger partial charge < -0.3 is 15.4 Å². The van der Waals surface area contributed by atoms with Crippen molar-refractivity contribution in [3.8, 4) is 11.8 Å². The number of benzene rings is 2. The highest BCUT2D eigenvalue weighted by Crippen LogP contribution is 2.17. The van der Waals surface area contributed by atoms with Crippen LogP contribution in [0.5, 0.6) is 5.75 Å². The Morgan fingerprint density at radius 3 is 2.52 bits per heavy atom. The zero-order valence-electron chi connectivity index (χ0n) is 14.6. The quantitative estimate of drug-likeness (QED) is 0.695. The maximum absolute atomic E-state index is 12.3. The van der Waals surface area contributed by atoms with Crippen molar-refractivity contribution in [2.45, 2.75) is 6.92 Å². The highest BCUT2D eigenvalue weighted by molar-refractivity contribution is 6.03. The van der Waals surface area contributed by atoms with E-state index in [1.165, 1.54) is 12.4 Å². The number of hydrogen-bond donors (Lipinski definition) is 2. The van der Waals surface area contributed by atoms with Crippen molar-refractivity contribution in [3.05, 3.63) is 72.1 Å². The van der Waals surface area contributed by atoms with Crippen LogP contribution in [-0.2, 0) is 0 Å². The molecule has 0 unspecified atom stereocenters. The summed E-state index contributed by atoms with van der Waals surface area (Å²) in [5, 5.41) is 14.7. The summed E-state index contributed by atoms with van der Waals surface area (Å²) in [5.74, 6) is 0.773. The molecule has 3 aromatic rings. The van der Waals surface area contributed by atoms with E-state index in [0.29, 0.717) is 35.1 Å². The van der Waals surface area contributed by atoms with Crippen molar-refractivity contribution in [3.63, 3.8) is 0 Å². The summed E-state index contributed by atoms with van der Waals surface area (Å²) in [6, 6.07) is 16.1. The molecule has 27 heavy (non-hydrogen) atoms. The van der Waals surface area contributed by atoms with E-state index >= 15 is 0 Å². The van der Waals surface area contributed by atoms with E-state index in [-0.39, 0.29) is 5.91 Å². The zero-order valence-corrected chi connectivity index (χ0v) is 14.6. The summed E-state index contributed by atoms with van der Waals surface area (Å²) in [5.41, 5.74) is 2.21. The molecule has 0 atom stereocenters. The van der Waals surface area contributed by atoms with Crippen molar-refractivity contribution in [2.75, 3.05) is 17.2 Å². The summed E-state index contributed by atoms with van der Waals surface area (Å²) < 4.78 is 5.37. The second-order valence-electron chi connectivity index (χ2n) is 5.52. The first-order valence-electron chi connectivity index (χ1n) is 8.31. The Hall–Kier alpha value is -3.92. The molecule has 3 rings (SSSR count). The molecule has 0 fully saturated rings. The average Bonchev–Trinajstić information content (AvgIpc) is 2.70. The fourth-order valence-electron chi connectivity index (χ4n) is 2.31. The minimum atomic E-state index is -0.308. The van der Waals surface area contributed by atoms with Crippen LogP contribution in [0.3, 0.4) is 0 Å². The minimum absolute atomic E-state index is 0.308. The van der Waals surface area contributed by atoms with Crippen LogP contribution in [0.15, 0.2) is 60.9 Å². The van der Waals surface area contributed by atoms with Gasteiger partial charge in [-0.05, 0) is 49.4 Å². The molecule has 134 valence electrons. The number of carbonyl (C=O) groups is 1. The van der Waals surface area contributed by atoms with Crippen LogP contribution in [0.2, 0.25) is 0 Å². The highest BCUT2D eigenvalue weighted by Gasteiger charge is 2.08. The molecule has 7 nitrogen and oxygen atoms in total. The number of hydrogen-bond acceptors (Lipinski definition) is 6. The number of nitrogens with one attached hydrogen (secondary N) is 2. The van der Waals surface area contributed by atoms with E-state index in [4.69, 9.17) is 10.00 Å². The Balaban J connectivity index is 1.63. The van der Waals surface area contributed by atoms with Gasteiger partial charge in [0, 0.05) is 23.8 Å². The van der Waals surface area contributed by atoms with Gasteiger partial charge in [0.15, 0.2) is 0 Å². The van der Waals surface area contributed by atoms with Crippen LogP contribution in [-0.4, -0.2) is 22.5 Å².